The first-order valence-electron chi connectivity index (χ1n) is 7.08. The van der Waals surface area contributed by atoms with Crippen LogP contribution in [0, 0.1) is 0 Å². The van der Waals surface area contributed by atoms with Gasteiger partial charge in [0.2, 0.25) is 0 Å². The van der Waals surface area contributed by atoms with Crippen LogP contribution < -0.4 is 5.32 Å². The lowest BCUT2D eigenvalue weighted by atomic mass is 10.1. The number of aliphatic hydroxyl groups excluding tert-OH is 1. The molecule has 1 aromatic heterocycles. The average molecular weight is 309 g/mol. The van der Waals surface area contributed by atoms with E-state index in [4.69, 9.17) is 0 Å². The highest BCUT2D eigenvalue weighted by Crippen LogP contribution is 2.11. The molecule has 0 aliphatic rings. The molecule has 7 nitrogen and oxygen atoms in total. The van der Waals surface area contributed by atoms with Crippen LogP contribution in [0.1, 0.15) is 22.0 Å². The standard InChI is InChI=1S/C16H15N5O2/c22-15(12-4-2-1-3-5-12)10-17-16(23)13-6-8-14(9-7-13)21-11-18-19-20-21/h1-9,11,15,22H,10H2,(H,17,23)/t15-/m1/s1. The van der Waals surface area contributed by atoms with Gasteiger partial charge in [-0.1, -0.05) is 30.3 Å². The van der Waals surface area contributed by atoms with Gasteiger partial charge in [-0.2, -0.15) is 0 Å². The average Bonchev–Trinajstić information content (AvgIpc) is 3.15. The summed E-state index contributed by atoms with van der Waals surface area (Å²) in [5, 5.41) is 23.7. The first-order valence-corrected chi connectivity index (χ1v) is 7.08. The maximum atomic E-state index is 12.1. The molecule has 23 heavy (non-hydrogen) atoms. The van der Waals surface area contributed by atoms with Crippen molar-refractivity contribution in [3.05, 3.63) is 72.1 Å². The van der Waals surface area contributed by atoms with Gasteiger partial charge in [0.05, 0.1) is 11.8 Å². The summed E-state index contributed by atoms with van der Waals surface area (Å²) >= 11 is 0. The summed E-state index contributed by atoms with van der Waals surface area (Å²) in [5.74, 6) is -0.247. The van der Waals surface area contributed by atoms with E-state index in [1.807, 2.05) is 30.3 Å². The van der Waals surface area contributed by atoms with E-state index >= 15 is 0 Å². The number of rotatable bonds is 5. The van der Waals surface area contributed by atoms with Crippen LogP contribution in [0.25, 0.3) is 5.69 Å². The van der Waals surface area contributed by atoms with E-state index < -0.39 is 6.10 Å². The van der Waals surface area contributed by atoms with Gasteiger partial charge in [-0.3, -0.25) is 4.79 Å². The molecule has 0 saturated heterocycles. The van der Waals surface area contributed by atoms with E-state index in [2.05, 4.69) is 20.8 Å². The molecule has 2 N–H and O–H groups in total. The second-order valence-corrected chi connectivity index (χ2v) is 4.94. The molecule has 1 amide bonds. The zero-order valence-corrected chi connectivity index (χ0v) is 12.2. The van der Waals surface area contributed by atoms with Crippen LogP contribution in [0.5, 0.6) is 0 Å². The van der Waals surface area contributed by atoms with Crippen molar-refractivity contribution in [2.45, 2.75) is 6.10 Å². The summed E-state index contributed by atoms with van der Waals surface area (Å²) in [5.41, 5.74) is 2.03. The molecule has 0 saturated carbocycles. The van der Waals surface area contributed by atoms with Gasteiger partial charge in [0.15, 0.2) is 0 Å². The van der Waals surface area contributed by atoms with Crippen LogP contribution in [0.15, 0.2) is 60.9 Å². The zero-order chi connectivity index (χ0) is 16.1. The maximum absolute atomic E-state index is 12.1. The van der Waals surface area contributed by atoms with Gasteiger partial charge >= 0.3 is 0 Å². The van der Waals surface area contributed by atoms with Crippen LogP contribution in [0.4, 0.5) is 0 Å². The highest BCUT2D eigenvalue weighted by atomic mass is 16.3. The van der Waals surface area contributed by atoms with E-state index in [1.165, 1.54) is 11.0 Å². The number of carbonyl (C=O) groups is 1. The van der Waals surface area contributed by atoms with Crippen molar-refractivity contribution >= 4 is 5.91 Å². The minimum absolute atomic E-state index is 0.150. The lowest BCUT2D eigenvalue weighted by molar-refractivity contribution is 0.0916. The monoisotopic (exact) mass is 309 g/mol. The first kappa shape index (κ1) is 14.9. The van der Waals surface area contributed by atoms with Crippen molar-refractivity contribution < 1.29 is 9.90 Å². The molecule has 1 atom stereocenters. The Labute approximate surface area is 132 Å². The van der Waals surface area contributed by atoms with Gasteiger partial charge in [0.1, 0.15) is 6.33 Å². The summed E-state index contributed by atoms with van der Waals surface area (Å²) in [6.45, 7) is 0.150. The summed E-state index contributed by atoms with van der Waals surface area (Å²) in [4.78, 5) is 12.1. The third-order valence-electron chi connectivity index (χ3n) is 3.38. The van der Waals surface area contributed by atoms with Crippen molar-refractivity contribution in [3.8, 4) is 5.69 Å². The number of benzene rings is 2. The molecule has 0 aliphatic carbocycles. The highest BCUT2D eigenvalue weighted by Gasteiger charge is 2.10. The molecular weight excluding hydrogens is 294 g/mol. The lowest BCUT2D eigenvalue weighted by Crippen LogP contribution is -2.28. The number of hydrogen-bond acceptors (Lipinski definition) is 5. The maximum Gasteiger partial charge on any atom is 0.251 e. The fraction of sp³-hybridized carbons (Fsp3) is 0.125. The van der Waals surface area contributed by atoms with Gasteiger partial charge in [-0.05, 0) is 40.3 Å². The molecule has 0 spiro atoms. The Hall–Kier alpha value is -3.06. The zero-order valence-electron chi connectivity index (χ0n) is 12.2. The molecule has 0 fully saturated rings. The Morgan fingerprint density at radius 3 is 2.52 bits per heavy atom. The summed E-state index contributed by atoms with van der Waals surface area (Å²) < 4.78 is 1.50. The Morgan fingerprint density at radius 2 is 1.87 bits per heavy atom. The largest absolute Gasteiger partial charge is 0.387 e. The fourth-order valence-electron chi connectivity index (χ4n) is 2.13. The molecule has 7 heteroatoms. The number of nitrogens with zero attached hydrogens (tertiary/aromatic N) is 4. The molecule has 1 heterocycles. The Morgan fingerprint density at radius 1 is 1.13 bits per heavy atom. The SMILES string of the molecule is O=C(NC[C@@H](O)c1ccccc1)c1ccc(-n2cnnn2)cc1. The molecule has 0 unspecified atom stereocenters. The third-order valence-corrected chi connectivity index (χ3v) is 3.38. The number of hydrogen-bond donors (Lipinski definition) is 2. The lowest BCUT2D eigenvalue weighted by Gasteiger charge is -2.12. The second-order valence-electron chi connectivity index (χ2n) is 4.94. The minimum atomic E-state index is -0.736. The summed E-state index contributed by atoms with van der Waals surface area (Å²) in [6.07, 6.45) is 0.742. The summed E-state index contributed by atoms with van der Waals surface area (Å²) in [7, 11) is 0. The van der Waals surface area contributed by atoms with E-state index in [1.54, 1.807) is 24.3 Å². The number of amides is 1. The Kier molecular flexibility index (Phi) is 4.39. The number of carbonyl (C=O) groups excluding carboxylic acids is 1. The smallest absolute Gasteiger partial charge is 0.251 e. The molecule has 0 radical (unpaired) electrons. The Balaban J connectivity index is 1.60. The molecule has 3 rings (SSSR count). The quantitative estimate of drug-likeness (QED) is 0.737. The minimum Gasteiger partial charge on any atom is -0.387 e. The summed E-state index contributed by atoms with van der Waals surface area (Å²) in [6, 6.07) is 16.1. The number of aromatic nitrogens is 4. The van der Waals surface area contributed by atoms with E-state index in [0.29, 0.717) is 5.56 Å². The van der Waals surface area contributed by atoms with Crippen molar-refractivity contribution in [1.29, 1.82) is 0 Å². The second kappa shape index (κ2) is 6.80. The number of aliphatic hydroxyl groups is 1. The predicted octanol–water partition coefficient (Wildman–Crippen LogP) is 1.13. The van der Waals surface area contributed by atoms with Crippen LogP contribution in [-0.2, 0) is 0 Å². The van der Waals surface area contributed by atoms with Gasteiger partial charge in [0.25, 0.3) is 5.91 Å². The fourth-order valence-corrected chi connectivity index (χ4v) is 2.13. The van der Waals surface area contributed by atoms with E-state index in [0.717, 1.165) is 11.3 Å². The molecular formula is C16H15N5O2. The van der Waals surface area contributed by atoms with Crippen LogP contribution in [0.2, 0.25) is 0 Å². The number of nitrogens with one attached hydrogen (secondary N) is 1. The van der Waals surface area contributed by atoms with E-state index in [9.17, 15) is 9.90 Å². The van der Waals surface area contributed by atoms with Crippen LogP contribution in [0.3, 0.4) is 0 Å². The van der Waals surface area contributed by atoms with Crippen LogP contribution >= 0.6 is 0 Å². The number of tetrazole rings is 1. The molecule has 3 aromatic rings. The molecule has 2 aromatic carbocycles. The van der Waals surface area contributed by atoms with Gasteiger partial charge in [0, 0.05) is 12.1 Å². The normalized spacial score (nSPS) is 11.9. The van der Waals surface area contributed by atoms with Gasteiger partial charge in [-0.25, -0.2) is 4.68 Å². The van der Waals surface area contributed by atoms with Crippen molar-refractivity contribution in [2.75, 3.05) is 6.54 Å². The first-order chi connectivity index (χ1) is 11.2. The van der Waals surface area contributed by atoms with E-state index in [-0.39, 0.29) is 12.5 Å². The van der Waals surface area contributed by atoms with Crippen molar-refractivity contribution in [2.24, 2.45) is 0 Å². The highest BCUT2D eigenvalue weighted by molar-refractivity contribution is 5.94. The topological polar surface area (TPSA) is 92.9 Å². The van der Waals surface area contributed by atoms with Gasteiger partial charge < -0.3 is 10.4 Å². The predicted molar refractivity (Wildman–Crippen MR) is 82.9 cm³/mol. The third kappa shape index (κ3) is 3.58. The molecule has 0 bridgehead atoms. The van der Waals surface area contributed by atoms with Crippen molar-refractivity contribution in [3.63, 3.8) is 0 Å². The Bertz CT molecular complexity index is 757. The molecule has 0 aliphatic heterocycles. The van der Waals surface area contributed by atoms with Gasteiger partial charge in [-0.15, -0.1) is 5.10 Å². The van der Waals surface area contributed by atoms with Crippen LogP contribution in [-0.4, -0.2) is 37.8 Å². The molecule has 116 valence electrons. The van der Waals surface area contributed by atoms with Crippen molar-refractivity contribution in [1.82, 2.24) is 25.5 Å².